The molecule has 0 unspecified atom stereocenters. The van der Waals surface area contributed by atoms with Crippen molar-refractivity contribution < 1.29 is 14.3 Å². The molecule has 28 heavy (non-hydrogen) atoms. The van der Waals surface area contributed by atoms with Crippen molar-refractivity contribution in [1.82, 2.24) is 25.8 Å². The fraction of sp³-hybridized carbons (Fsp3) is 0.368. The quantitative estimate of drug-likeness (QED) is 0.486. The minimum atomic E-state index is -0.440. The molecule has 1 aromatic carbocycles. The summed E-state index contributed by atoms with van der Waals surface area (Å²) in [5.41, 5.74) is 3.14. The highest BCUT2D eigenvalue weighted by Crippen LogP contribution is 2.24. The number of H-pyrrole nitrogens is 1. The van der Waals surface area contributed by atoms with Crippen LogP contribution in [0.15, 0.2) is 40.7 Å². The lowest BCUT2D eigenvalue weighted by Gasteiger charge is -2.26. The molecule has 3 rings (SSSR count). The first-order chi connectivity index (χ1) is 13.5. The number of thioether (sulfide) groups is 1. The second kappa shape index (κ2) is 8.92. The fourth-order valence-electron chi connectivity index (χ4n) is 2.87. The van der Waals surface area contributed by atoms with Crippen LogP contribution in [0, 0.1) is 0 Å². The van der Waals surface area contributed by atoms with E-state index in [9.17, 15) is 9.59 Å². The summed E-state index contributed by atoms with van der Waals surface area (Å²) in [4.78, 5) is 28.6. The summed E-state index contributed by atoms with van der Waals surface area (Å²) in [5, 5.41) is 13.1. The Balaban J connectivity index is 1.74. The van der Waals surface area contributed by atoms with Crippen molar-refractivity contribution in [3.63, 3.8) is 0 Å². The lowest BCUT2D eigenvalue weighted by atomic mass is 10.1. The Morgan fingerprint density at radius 3 is 2.68 bits per heavy atom. The first-order valence-electron chi connectivity index (χ1n) is 9.14. The van der Waals surface area contributed by atoms with Gasteiger partial charge in [0, 0.05) is 17.0 Å². The maximum atomic E-state index is 12.3. The number of nitrogens with one attached hydrogen (secondary N) is 3. The van der Waals surface area contributed by atoms with Crippen LogP contribution in [0.2, 0.25) is 0 Å². The van der Waals surface area contributed by atoms with E-state index in [1.807, 2.05) is 12.1 Å². The van der Waals surface area contributed by atoms with E-state index >= 15 is 0 Å². The number of aryl methyl sites for hydroxylation is 1. The van der Waals surface area contributed by atoms with Crippen LogP contribution < -0.4 is 10.6 Å². The van der Waals surface area contributed by atoms with Crippen molar-refractivity contribution in [2.24, 2.45) is 0 Å². The Labute approximate surface area is 167 Å². The van der Waals surface area contributed by atoms with Gasteiger partial charge in [-0.25, -0.2) is 14.6 Å². The molecule has 2 aromatic rings. The van der Waals surface area contributed by atoms with E-state index in [4.69, 9.17) is 4.74 Å². The standard InChI is InChI=1S/C19H23N5O3S/c1-4-12-6-8-13(9-7-12)16-22-19(24-23-16)28-10-14-15(17(25)27-5-2)11(3)20-18(26)21-14/h6-9,11H,4-5,10H2,1-3H3,(H2,20,21,26)(H,22,23,24)/t11-/m0/s1. The van der Waals surface area contributed by atoms with Crippen LogP contribution >= 0.6 is 11.8 Å². The van der Waals surface area contributed by atoms with Gasteiger partial charge in [-0.15, -0.1) is 5.10 Å². The molecule has 0 radical (unpaired) electrons. The topological polar surface area (TPSA) is 109 Å². The molecule has 9 heteroatoms. The highest BCUT2D eigenvalue weighted by atomic mass is 32.2. The average molecular weight is 401 g/mol. The first-order valence-corrected chi connectivity index (χ1v) is 10.1. The number of amides is 2. The van der Waals surface area contributed by atoms with Gasteiger partial charge in [-0.1, -0.05) is 43.0 Å². The highest BCUT2D eigenvalue weighted by Gasteiger charge is 2.29. The second-order valence-electron chi connectivity index (χ2n) is 6.24. The third-order valence-corrected chi connectivity index (χ3v) is 5.19. The third kappa shape index (κ3) is 4.53. The molecule has 0 aliphatic carbocycles. The van der Waals surface area contributed by atoms with Crippen molar-refractivity contribution in [3.8, 4) is 11.4 Å². The van der Waals surface area contributed by atoms with Crippen molar-refractivity contribution in [2.75, 3.05) is 12.4 Å². The predicted octanol–water partition coefficient (Wildman–Crippen LogP) is 2.64. The minimum absolute atomic E-state index is 0.268. The van der Waals surface area contributed by atoms with Crippen molar-refractivity contribution in [1.29, 1.82) is 0 Å². The molecule has 2 heterocycles. The molecular weight excluding hydrogens is 378 g/mol. The second-order valence-corrected chi connectivity index (χ2v) is 7.18. The molecule has 0 fully saturated rings. The Kier molecular flexibility index (Phi) is 6.35. The number of hydrogen-bond acceptors (Lipinski definition) is 6. The maximum Gasteiger partial charge on any atom is 0.337 e. The van der Waals surface area contributed by atoms with E-state index < -0.39 is 12.0 Å². The SMILES string of the molecule is CCOC(=O)C1=C(CSc2n[nH]c(-c3ccc(CC)cc3)n2)NC(=O)N[C@H]1C. The van der Waals surface area contributed by atoms with E-state index in [1.54, 1.807) is 13.8 Å². The third-order valence-electron chi connectivity index (χ3n) is 4.31. The van der Waals surface area contributed by atoms with E-state index in [0.717, 1.165) is 12.0 Å². The van der Waals surface area contributed by atoms with Gasteiger partial charge < -0.3 is 15.4 Å². The summed E-state index contributed by atoms with van der Waals surface area (Å²) >= 11 is 1.33. The molecule has 1 atom stereocenters. The summed E-state index contributed by atoms with van der Waals surface area (Å²) in [7, 11) is 0. The Morgan fingerprint density at radius 2 is 2.00 bits per heavy atom. The highest BCUT2D eigenvalue weighted by molar-refractivity contribution is 7.99. The van der Waals surface area contributed by atoms with Crippen molar-refractivity contribution in [3.05, 3.63) is 41.1 Å². The van der Waals surface area contributed by atoms with Gasteiger partial charge in [-0.2, -0.15) is 0 Å². The number of rotatable bonds is 7. The minimum Gasteiger partial charge on any atom is -0.463 e. The molecule has 0 spiro atoms. The molecule has 0 saturated heterocycles. The number of urea groups is 1. The number of ether oxygens (including phenoxy) is 1. The van der Waals surface area contributed by atoms with Gasteiger partial charge in [-0.05, 0) is 25.8 Å². The number of carbonyl (C=O) groups excluding carboxylic acids is 2. The number of aromatic amines is 1. The van der Waals surface area contributed by atoms with Gasteiger partial charge >= 0.3 is 12.0 Å². The first kappa shape index (κ1) is 19.9. The summed E-state index contributed by atoms with van der Waals surface area (Å²) in [5.74, 6) is 0.579. The van der Waals surface area contributed by atoms with Gasteiger partial charge in [0.2, 0.25) is 5.16 Å². The fourth-order valence-corrected chi connectivity index (χ4v) is 3.64. The van der Waals surface area contributed by atoms with E-state index in [1.165, 1.54) is 17.3 Å². The molecule has 0 bridgehead atoms. The van der Waals surface area contributed by atoms with Gasteiger partial charge in [-0.3, -0.25) is 5.10 Å². The maximum absolute atomic E-state index is 12.3. The lowest BCUT2D eigenvalue weighted by molar-refractivity contribution is -0.138. The van der Waals surface area contributed by atoms with E-state index in [-0.39, 0.29) is 12.6 Å². The van der Waals surface area contributed by atoms with Crippen LogP contribution in [0.1, 0.15) is 26.3 Å². The van der Waals surface area contributed by atoms with Gasteiger partial charge in [0.05, 0.1) is 18.2 Å². The monoisotopic (exact) mass is 401 g/mol. The zero-order valence-electron chi connectivity index (χ0n) is 16.0. The molecular formula is C19H23N5O3S. The van der Waals surface area contributed by atoms with Crippen molar-refractivity contribution >= 4 is 23.8 Å². The van der Waals surface area contributed by atoms with Gasteiger partial charge in [0.25, 0.3) is 0 Å². The number of nitrogens with zero attached hydrogens (tertiary/aromatic N) is 2. The number of aromatic nitrogens is 3. The van der Waals surface area contributed by atoms with Crippen molar-refractivity contribution in [2.45, 2.75) is 38.4 Å². The summed E-state index contributed by atoms with van der Waals surface area (Å²) in [6.45, 7) is 5.87. The van der Waals surface area contributed by atoms with Gasteiger partial charge in [0.1, 0.15) is 0 Å². The van der Waals surface area contributed by atoms with Crippen LogP contribution in [0.3, 0.4) is 0 Å². The van der Waals surface area contributed by atoms with E-state index in [0.29, 0.717) is 28.0 Å². The zero-order valence-corrected chi connectivity index (χ0v) is 16.9. The lowest BCUT2D eigenvalue weighted by Crippen LogP contribution is -2.49. The summed E-state index contributed by atoms with van der Waals surface area (Å²) in [6, 6.07) is 7.36. The Morgan fingerprint density at radius 1 is 1.25 bits per heavy atom. The Hall–Kier alpha value is -2.81. The molecule has 0 saturated carbocycles. The van der Waals surface area contributed by atoms with Crippen LogP contribution in [0.25, 0.3) is 11.4 Å². The largest absolute Gasteiger partial charge is 0.463 e. The molecule has 148 valence electrons. The zero-order chi connectivity index (χ0) is 20.1. The Bertz CT molecular complexity index is 891. The molecule has 8 nitrogen and oxygen atoms in total. The number of hydrogen-bond donors (Lipinski definition) is 3. The smallest absolute Gasteiger partial charge is 0.337 e. The van der Waals surface area contributed by atoms with E-state index in [2.05, 4.69) is 44.9 Å². The molecule has 1 aromatic heterocycles. The summed E-state index contributed by atoms with van der Waals surface area (Å²) < 4.78 is 5.12. The summed E-state index contributed by atoms with van der Waals surface area (Å²) in [6.07, 6.45) is 0.981. The van der Waals surface area contributed by atoms with Crippen LogP contribution in [-0.4, -0.2) is 45.6 Å². The van der Waals surface area contributed by atoms with Crippen LogP contribution in [0.4, 0.5) is 4.79 Å². The average Bonchev–Trinajstić information content (AvgIpc) is 3.15. The molecule has 2 amide bonds. The van der Waals surface area contributed by atoms with Crippen LogP contribution in [-0.2, 0) is 16.0 Å². The normalized spacial score (nSPS) is 16.5. The van der Waals surface area contributed by atoms with Crippen LogP contribution in [0.5, 0.6) is 0 Å². The number of carbonyl (C=O) groups is 2. The number of benzene rings is 1. The van der Waals surface area contributed by atoms with Gasteiger partial charge in [0.15, 0.2) is 5.82 Å². The molecule has 1 aliphatic heterocycles. The number of esters is 1. The predicted molar refractivity (Wildman–Crippen MR) is 107 cm³/mol. The molecule has 1 aliphatic rings. The molecule has 3 N–H and O–H groups in total.